The second-order valence-electron chi connectivity index (χ2n) is 7.08. The highest BCUT2D eigenvalue weighted by Crippen LogP contribution is 2.55. The Bertz CT molecular complexity index is 1010. The molecule has 1 saturated carbocycles. The van der Waals surface area contributed by atoms with Crippen molar-refractivity contribution in [3.8, 4) is 0 Å². The first kappa shape index (κ1) is 20.4. The molecule has 156 valence electrons. The molecule has 28 heavy (non-hydrogen) atoms. The Labute approximate surface area is 152 Å². The molecular weight excluding hydrogens is 398 g/mol. The van der Waals surface area contributed by atoms with Gasteiger partial charge in [-0.1, -0.05) is 0 Å². The molecular formula is C15H16F6N4O3. The maximum absolute atomic E-state index is 12.9. The number of aromatic nitrogens is 4. The van der Waals surface area contributed by atoms with E-state index in [0.717, 1.165) is 9.13 Å². The lowest BCUT2D eigenvalue weighted by atomic mass is 9.65. The summed E-state index contributed by atoms with van der Waals surface area (Å²) in [6, 6.07) is 0. The predicted octanol–water partition coefficient (Wildman–Crippen LogP) is 1.32. The minimum absolute atomic E-state index is 0.0834. The van der Waals surface area contributed by atoms with E-state index in [1.54, 1.807) is 0 Å². The number of aryl methyl sites for hydroxylation is 2. The molecule has 13 heteroatoms. The summed E-state index contributed by atoms with van der Waals surface area (Å²) in [5.74, 6) is -2.89. The van der Waals surface area contributed by atoms with Crippen LogP contribution in [0.3, 0.4) is 0 Å². The molecule has 1 aliphatic rings. The van der Waals surface area contributed by atoms with Crippen LogP contribution in [-0.2, 0) is 20.6 Å². The van der Waals surface area contributed by atoms with Gasteiger partial charge in [0, 0.05) is 26.6 Å². The van der Waals surface area contributed by atoms with E-state index in [1.807, 2.05) is 0 Å². The first-order chi connectivity index (χ1) is 12.7. The summed E-state index contributed by atoms with van der Waals surface area (Å²) in [7, 11) is 2.86. The van der Waals surface area contributed by atoms with Gasteiger partial charge >= 0.3 is 18.0 Å². The molecule has 1 fully saturated rings. The maximum atomic E-state index is 12.9. The van der Waals surface area contributed by atoms with E-state index in [1.165, 1.54) is 25.0 Å². The Hall–Kier alpha value is -2.31. The smallest absolute Gasteiger partial charge is 0.373 e. The average Bonchev–Trinajstić information content (AvgIpc) is 2.90. The topological polar surface area (TPSA) is 82.1 Å². The fraction of sp³-hybridized carbons (Fsp3) is 0.667. The molecule has 3 rings (SSSR count). The Balaban J connectivity index is 1.88. The number of nitrogens with zero attached hydrogens (tertiary/aromatic N) is 4. The quantitative estimate of drug-likeness (QED) is 0.769. The van der Waals surface area contributed by atoms with Crippen molar-refractivity contribution in [1.82, 2.24) is 18.7 Å². The lowest BCUT2D eigenvalue weighted by molar-refractivity contribution is -0.393. The minimum atomic E-state index is -5.89. The summed E-state index contributed by atoms with van der Waals surface area (Å²) in [6.07, 6.45) is -11.7. The van der Waals surface area contributed by atoms with Crippen LogP contribution < -0.4 is 11.2 Å². The van der Waals surface area contributed by atoms with Crippen molar-refractivity contribution >= 4 is 11.2 Å². The zero-order valence-electron chi connectivity index (χ0n) is 14.7. The summed E-state index contributed by atoms with van der Waals surface area (Å²) in [6.45, 7) is -0.352. The molecule has 0 radical (unpaired) electrons. The van der Waals surface area contributed by atoms with Gasteiger partial charge in [-0.15, -0.1) is 0 Å². The number of halogens is 6. The normalized spacial score (nSPS) is 21.2. The SMILES string of the molecule is Cn1cnc2c1c(=O)n(CC1CC(C(O)(C(F)(F)F)C(F)(F)F)C1)c(=O)n2C. The number of hydrogen-bond acceptors (Lipinski definition) is 4. The molecule has 2 heterocycles. The van der Waals surface area contributed by atoms with Crippen LogP contribution in [0.2, 0.25) is 0 Å². The molecule has 7 nitrogen and oxygen atoms in total. The van der Waals surface area contributed by atoms with E-state index < -0.39 is 53.9 Å². The van der Waals surface area contributed by atoms with Gasteiger partial charge in [-0.2, -0.15) is 26.3 Å². The van der Waals surface area contributed by atoms with Gasteiger partial charge in [0.1, 0.15) is 0 Å². The van der Waals surface area contributed by atoms with Gasteiger partial charge in [0.15, 0.2) is 11.2 Å². The van der Waals surface area contributed by atoms with Crippen LogP contribution in [0, 0.1) is 11.8 Å². The Morgan fingerprint density at radius 3 is 2.14 bits per heavy atom. The summed E-state index contributed by atoms with van der Waals surface area (Å²) in [5.41, 5.74) is -6.13. The predicted molar refractivity (Wildman–Crippen MR) is 83.5 cm³/mol. The Kier molecular flexibility index (Phi) is 4.44. The second kappa shape index (κ2) is 6.09. The van der Waals surface area contributed by atoms with Gasteiger partial charge in [-0.3, -0.25) is 13.9 Å². The number of imidazole rings is 1. The van der Waals surface area contributed by atoms with Crippen molar-refractivity contribution in [2.24, 2.45) is 25.9 Å². The highest BCUT2D eigenvalue weighted by Gasteiger charge is 2.75. The average molecular weight is 414 g/mol. The molecule has 0 atom stereocenters. The van der Waals surface area contributed by atoms with Gasteiger partial charge in [0.25, 0.3) is 11.2 Å². The zero-order valence-corrected chi connectivity index (χ0v) is 14.7. The highest BCUT2D eigenvalue weighted by molar-refractivity contribution is 5.69. The highest BCUT2D eigenvalue weighted by atomic mass is 19.4. The van der Waals surface area contributed by atoms with Crippen LogP contribution in [0.4, 0.5) is 26.3 Å². The Morgan fingerprint density at radius 2 is 1.64 bits per heavy atom. The van der Waals surface area contributed by atoms with Crippen molar-refractivity contribution in [2.45, 2.75) is 37.3 Å². The number of alkyl halides is 6. The first-order valence-corrected chi connectivity index (χ1v) is 8.16. The standard InChI is InChI=1S/C15H16F6N4O3/c1-23-6-22-10-9(23)11(26)25(12(27)24(10)2)5-7-3-8(4-7)13(28,14(16,17)18)15(19,20)21/h6-8,28H,3-5H2,1-2H3. The van der Waals surface area contributed by atoms with Gasteiger partial charge in [-0.05, 0) is 18.8 Å². The van der Waals surface area contributed by atoms with Crippen LogP contribution in [0.15, 0.2) is 15.9 Å². The number of hydrogen-bond donors (Lipinski definition) is 1. The van der Waals surface area contributed by atoms with Gasteiger partial charge in [0.05, 0.1) is 6.33 Å². The molecule has 0 bridgehead atoms. The molecule has 0 spiro atoms. The summed E-state index contributed by atoms with van der Waals surface area (Å²) in [5, 5.41) is 9.40. The van der Waals surface area contributed by atoms with Gasteiger partial charge < -0.3 is 9.67 Å². The van der Waals surface area contributed by atoms with E-state index in [0.29, 0.717) is 0 Å². The van der Waals surface area contributed by atoms with E-state index in [2.05, 4.69) is 4.98 Å². The lowest BCUT2D eigenvalue weighted by Gasteiger charge is -2.46. The molecule has 1 N–H and O–H groups in total. The minimum Gasteiger partial charge on any atom is -0.373 e. The third kappa shape index (κ3) is 2.74. The van der Waals surface area contributed by atoms with Crippen LogP contribution in [0.25, 0.3) is 11.2 Å². The largest absolute Gasteiger partial charge is 0.426 e. The van der Waals surface area contributed by atoms with E-state index in [-0.39, 0.29) is 17.7 Å². The third-order valence-corrected chi connectivity index (χ3v) is 5.33. The van der Waals surface area contributed by atoms with Crippen molar-refractivity contribution in [1.29, 1.82) is 0 Å². The van der Waals surface area contributed by atoms with Crippen LogP contribution in [-0.4, -0.2) is 41.7 Å². The maximum Gasteiger partial charge on any atom is 0.426 e. The van der Waals surface area contributed by atoms with Crippen LogP contribution in [0.5, 0.6) is 0 Å². The zero-order chi connectivity index (χ0) is 21.2. The van der Waals surface area contributed by atoms with Gasteiger partial charge in [0.2, 0.25) is 0 Å². The molecule has 0 amide bonds. The van der Waals surface area contributed by atoms with E-state index >= 15 is 0 Å². The molecule has 0 unspecified atom stereocenters. The van der Waals surface area contributed by atoms with E-state index in [4.69, 9.17) is 0 Å². The molecule has 2 aromatic rings. The molecule has 0 aliphatic heterocycles. The number of fused-ring (bicyclic) bond motifs is 1. The second-order valence-corrected chi connectivity index (χ2v) is 7.08. The molecule has 0 aromatic carbocycles. The summed E-state index contributed by atoms with van der Waals surface area (Å²) < 4.78 is 80.6. The van der Waals surface area contributed by atoms with E-state index in [9.17, 15) is 41.0 Å². The Morgan fingerprint density at radius 1 is 1.11 bits per heavy atom. The van der Waals surface area contributed by atoms with Crippen molar-refractivity contribution in [3.63, 3.8) is 0 Å². The lowest BCUT2D eigenvalue weighted by Crippen LogP contribution is -2.64. The van der Waals surface area contributed by atoms with Crippen molar-refractivity contribution in [3.05, 3.63) is 27.2 Å². The summed E-state index contributed by atoms with van der Waals surface area (Å²) >= 11 is 0. The van der Waals surface area contributed by atoms with Crippen molar-refractivity contribution in [2.75, 3.05) is 0 Å². The summed E-state index contributed by atoms with van der Waals surface area (Å²) in [4.78, 5) is 28.8. The first-order valence-electron chi connectivity index (χ1n) is 8.16. The number of rotatable bonds is 3. The monoisotopic (exact) mass is 414 g/mol. The third-order valence-electron chi connectivity index (χ3n) is 5.33. The molecule has 0 saturated heterocycles. The molecule has 1 aliphatic carbocycles. The van der Waals surface area contributed by atoms with Gasteiger partial charge in [-0.25, -0.2) is 9.78 Å². The van der Waals surface area contributed by atoms with Crippen molar-refractivity contribution < 1.29 is 31.4 Å². The van der Waals surface area contributed by atoms with Crippen LogP contribution in [0.1, 0.15) is 12.8 Å². The number of aliphatic hydroxyl groups is 1. The fourth-order valence-corrected chi connectivity index (χ4v) is 3.66. The fourth-order valence-electron chi connectivity index (χ4n) is 3.66. The van der Waals surface area contributed by atoms with Crippen LogP contribution >= 0.6 is 0 Å². The molecule has 2 aromatic heterocycles.